The van der Waals surface area contributed by atoms with E-state index < -0.39 is 0 Å². The van der Waals surface area contributed by atoms with Crippen LogP contribution in [0.2, 0.25) is 0 Å². The molecule has 8 heavy (non-hydrogen) atoms. The van der Waals surface area contributed by atoms with Crippen molar-refractivity contribution >= 4 is 0 Å². The fraction of sp³-hybridized carbons (Fsp3) is 0.429. The summed E-state index contributed by atoms with van der Waals surface area (Å²) in [6.07, 6.45) is 7.90. The highest BCUT2D eigenvalue weighted by atomic mass is 15.0. The molecule has 1 fully saturated rings. The molecule has 0 amide bonds. The van der Waals surface area contributed by atoms with Gasteiger partial charge in [-0.15, -0.1) is 0 Å². The first kappa shape index (κ1) is 4.19. The van der Waals surface area contributed by atoms with Crippen molar-refractivity contribution < 1.29 is 0 Å². The van der Waals surface area contributed by atoms with Crippen LogP contribution in [0.1, 0.15) is 18.9 Å². The lowest BCUT2D eigenvalue weighted by atomic mass is 10.7. The van der Waals surface area contributed by atoms with Gasteiger partial charge in [0.1, 0.15) is 0 Å². The van der Waals surface area contributed by atoms with Crippen LogP contribution >= 0.6 is 0 Å². The maximum absolute atomic E-state index is 3.12. The van der Waals surface area contributed by atoms with Gasteiger partial charge in [-0.2, -0.15) is 0 Å². The molecule has 1 aromatic rings. The van der Waals surface area contributed by atoms with Crippen LogP contribution in [0.15, 0.2) is 18.3 Å². The van der Waals surface area contributed by atoms with Crippen molar-refractivity contribution in [3.63, 3.8) is 0 Å². The zero-order valence-electron chi connectivity index (χ0n) is 4.67. The van der Waals surface area contributed by atoms with E-state index in [0.717, 1.165) is 6.04 Å². The fourth-order valence-corrected chi connectivity index (χ4v) is 0.888. The summed E-state index contributed by atoms with van der Waals surface area (Å²) < 4.78 is 2.15. The van der Waals surface area contributed by atoms with Crippen LogP contribution in [-0.2, 0) is 0 Å². The van der Waals surface area contributed by atoms with Gasteiger partial charge in [0.2, 0.25) is 0 Å². The molecule has 0 N–H and O–H groups in total. The molecule has 0 spiro atoms. The molecule has 2 rings (SSSR count). The summed E-state index contributed by atoms with van der Waals surface area (Å²) in [5.74, 6) is 0. The molecule has 1 nitrogen and oxygen atoms in total. The quantitative estimate of drug-likeness (QED) is 0.512. The van der Waals surface area contributed by atoms with Crippen LogP contribution < -0.4 is 0 Å². The fourth-order valence-electron chi connectivity index (χ4n) is 0.888. The molecule has 0 aromatic carbocycles. The van der Waals surface area contributed by atoms with Crippen molar-refractivity contribution in [2.24, 2.45) is 0 Å². The average Bonchev–Trinajstić information content (AvgIpc) is 2.49. The normalized spacial score (nSPS) is 19.0. The van der Waals surface area contributed by atoms with Gasteiger partial charge in [0, 0.05) is 12.2 Å². The number of aromatic nitrogens is 1. The Bertz CT molecular complexity index is 161. The molecule has 1 heteroatoms. The van der Waals surface area contributed by atoms with E-state index in [1.807, 2.05) is 12.1 Å². The molecule has 1 aromatic heterocycles. The maximum Gasteiger partial charge on any atom is 0.0650 e. The SMILES string of the molecule is [c]1cccn1C1CC1. The molecule has 0 unspecified atom stereocenters. The van der Waals surface area contributed by atoms with E-state index in [0.29, 0.717) is 0 Å². The highest BCUT2D eigenvalue weighted by molar-refractivity contribution is 4.95. The Morgan fingerprint density at radius 2 is 2.38 bits per heavy atom. The molecule has 1 saturated carbocycles. The zero-order valence-corrected chi connectivity index (χ0v) is 4.67. The summed E-state index contributed by atoms with van der Waals surface area (Å²) in [5, 5.41) is 0. The Morgan fingerprint density at radius 1 is 1.50 bits per heavy atom. The first-order valence-electron chi connectivity index (χ1n) is 3.01. The van der Waals surface area contributed by atoms with Gasteiger partial charge in [-0.05, 0) is 25.0 Å². The Morgan fingerprint density at radius 3 is 2.88 bits per heavy atom. The molecule has 0 atom stereocenters. The first-order chi connectivity index (χ1) is 3.97. The Labute approximate surface area is 48.9 Å². The van der Waals surface area contributed by atoms with Gasteiger partial charge in [0.05, 0.1) is 6.20 Å². The Balaban J connectivity index is 2.28. The van der Waals surface area contributed by atoms with Gasteiger partial charge in [0.15, 0.2) is 0 Å². The van der Waals surface area contributed by atoms with Crippen LogP contribution in [0, 0.1) is 6.20 Å². The summed E-state index contributed by atoms with van der Waals surface area (Å²) in [6.45, 7) is 0. The van der Waals surface area contributed by atoms with Crippen molar-refractivity contribution in [2.45, 2.75) is 18.9 Å². The second-order valence-electron chi connectivity index (χ2n) is 2.28. The van der Waals surface area contributed by atoms with E-state index in [1.165, 1.54) is 12.8 Å². The second kappa shape index (κ2) is 1.38. The van der Waals surface area contributed by atoms with E-state index in [-0.39, 0.29) is 0 Å². The lowest BCUT2D eigenvalue weighted by molar-refractivity contribution is 0.742. The first-order valence-corrected chi connectivity index (χ1v) is 3.01. The van der Waals surface area contributed by atoms with E-state index in [9.17, 15) is 0 Å². The average molecular weight is 106 g/mol. The standard InChI is InChI=1S/C7H8N/c1-2-6-8(5-1)7-3-4-7/h1-2,5,7H,3-4H2. The molecule has 1 radical (unpaired) electrons. The Kier molecular flexibility index (Phi) is 0.720. The van der Waals surface area contributed by atoms with Gasteiger partial charge in [-0.25, -0.2) is 0 Å². The van der Waals surface area contributed by atoms with Crippen LogP contribution in [0.5, 0.6) is 0 Å². The monoisotopic (exact) mass is 106 g/mol. The molecule has 0 aliphatic heterocycles. The van der Waals surface area contributed by atoms with Crippen molar-refractivity contribution in [1.29, 1.82) is 0 Å². The predicted molar refractivity (Wildman–Crippen MR) is 31.5 cm³/mol. The maximum atomic E-state index is 3.12. The third-order valence-corrected chi connectivity index (χ3v) is 1.51. The highest BCUT2D eigenvalue weighted by Crippen LogP contribution is 2.34. The van der Waals surface area contributed by atoms with Crippen molar-refractivity contribution in [3.05, 3.63) is 24.5 Å². The summed E-state index contributed by atoms with van der Waals surface area (Å²) in [6, 6.07) is 4.78. The van der Waals surface area contributed by atoms with E-state index in [4.69, 9.17) is 0 Å². The number of hydrogen-bond donors (Lipinski definition) is 0. The van der Waals surface area contributed by atoms with Crippen LogP contribution in [-0.4, -0.2) is 4.57 Å². The molecule has 0 saturated heterocycles. The second-order valence-corrected chi connectivity index (χ2v) is 2.28. The number of rotatable bonds is 1. The predicted octanol–water partition coefficient (Wildman–Crippen LogP) is 1.62. The van der Waals surface area contributed by atoms with Crippen molar-refractivity contribution in [1.82, 2.24) is 4.57 Å². The van der Waals surface area contributed by atoms with Gasteiger partial charge in [-0.3, -0.25) is 0 Å². The molecule has 1 heterocycles. The molecule has 1 aliphatic carbocycles. The minimum absolute atomic E-state index is 0.796. The molecular formula is C7H8N. The largest absolute Gasteiger partial charge is 0.343 e. The zero-order chi connectivity index (χ0) is 5.40. The van der Waals surface area contributed by atoms with Crippen LogP contribution in [0.4, 0.5) is 0 Å². The lowest BCUT2D eigenvalue weighted by Crippen LogP contribution is -1.85. The summed E-state index contributed by atoms with van der Waals surface area (Å²) in [5.41, 5.74) is 0. The summed E-state index contributed by atoms with van der Waals surface area (Å²) in [4.78, 5) is 0. The third-order valence-electron chi connectivity index (χ3n) is 1.51. The molecular weight excluding hydrogens is 98.1 g/mol. The van der Waals surface area contributed by atoms with E-state index in [2.05, 4.69) is 17.0 Å². The van der Waals surface area contributed by atoms with Crippen molar-refractivity contribution in [2.75, 3.05) is 0 Å². The number of nitrogens with zero attached hydrogens (tertiary/aromatic N) is 1. The number of hydrogen-bond acceptors (Lipinski definition) is 0. The summed E-state index contributed by atoms with van der Waals surface area (Å²) in [7, 11) is 0. The van der Waals surface area contributed by atoms with Gasteiger partial charge >= 0.3 is 0 Å². The topological polar surface area (TPSA) is 4.93 Å². The smallest absolute Gasteiger partial charge is 0.0650 e. The van der Waals surface area contributed by atoms with Crippen LogP contribution in [0.25, 0.3) is 0 Å². The highest BCUT2D eigenvalue weighted by Gasteiger charge is 2.21. The molecule has 0 bridgehead atoms. The third kappa shape index (κ3) is 0.548. The van der Waals surface area contributed by atoms with Gasteiger partial charge in [0.25, 0.3) is 0 Å². The van der Waals surface area contributed by atoms with E-state index in [1.54, 1.807) is 0 Å². The van der Waals surface area contributed by atoms with E-state index >= 15 is 0 Å². The van der Waals surface area contributed by atoms with Gasteiger partial charge < -0.3 is 4.57 Å². The van der Waals surface area contributed by atoms with Crippen molar-refractivity contribution in [3.8, 4) is 0 Å². The van der Waals surface area contributed by atoms with Gasteiger partial charge in [-0.1, -0.05) is 0 Å². The Hall–Kier alpha value is -0.720. The lowest BCUT2D eigenvalue weighted by Gasteiger charge is -1.92. The minimum Gasteiger partial charge on any atom is -0.343 e. The molecule has 41 valence electrons. The summed E-state index contributed by atoms with van der Waals surface area (Å²) >= 11 is 0. The van der Waals surface area contributed by atoms with Crippen LogP contribution in [0.3, 0.4) is 0 Å². The molecule has 1 aliphatic rings. The minimum atomic E-state index is 0.796.